The minimum atomic E-state index is -4.45. The molecular formula is C18H16F3N5. The Hall–Kier alpha value is -3.16. The second kappa shape index (κ2) is 7.38. The number of aryl methyl sites for hydroxylation is 1. The number of halogens is 3. The highest BCUT2D eigenvalue weighted by atomic mass is 19.4. The van der Waals surface area contributed by atoms with E-state index in [1.807, 2.05) is 12.1 Å². The lowest BCUT2D eigenvalue weighted by Crippen LogP contribution is -2.10. The van der Waals surface area contributed by atoms with E-state index in [1.165, 1.54) is 18.2 Å². The maximum Gasteiger partial charge on any atom is 0.418 e. The van der Waals surface area contributed by atoms with Gasteiger partial charge in [-0.15, -0.1) is 0 Å². The zero-order valence-electron chi connectivity index (χ0n) is 13.9. The quantitative estimate of drug-likeness (QED) is 0.699. The number of nitrogens with one attached hydrogen (secondary N) is 2. The highest BCUT2D eigenvalue weighted by Crippen LogP contribution is 2.35. The Morgan fingerprint density at radius 1 is 0.962 bits per heavy atom. The third kappa shape index (κ3) is 4.47. The standard InChI is InChI=1S/C18H16F3N5/c1-12-24-16(23-11-13-6-8-22-9-7-13)10-17(25-12)26-15-5-3-2-4-14(15)18(19,20)21/h2-10H,11H2,1H3,(H2,23,24,25,26). The van der Waals surface area contributed by atoms with Crippen molar-refractivity contribution in [3.63, 3.8) is 0 Å². The summed E-state index contributed by atoms with van der Waals surface area (Å²) in [5.41, 5.74) is 0.203. The third-order valence-corrected chi connectivity index (χ3v) is 3.56. The van der Waals surface area contributed by atoms with E-state index in [-0.39, 0.29) is 11.5 Å². The topological polar surface area (TPSA) is 62.7 Å². The molecule has 0 aliphatic heterocycles. The number of alkyl halides is 3. The minimum absolute atomic E-state index is 0.0572. The van der Waals surface area contributed by atoms with Gasteiger partial charge in [0.15, 0.2) is 0 Å². The molecule has 3 rings (SSSR count). The summed E-state index contributed by atoms with van der Waals surface area (Å²) in [6.07, 6.45) is -1.08. The van der Waals surface area contributed by atoms with Gasteiger partial charge >= 0.3 is 6.18 Å². The van der Waals surface area contributed by atoms with Crippen molar-refractivity contribution in [2.75, 3.05) is 10.6 Å². The van der Waals surface area contributed by atoms with Crippen LogP contribution in [0.2, 0.25) is 0 Å². The van der Waals surface area contributed by atoms with Crippen LogP contribution in [0.5, 0.6) is 0 Å². The Morgan fingerprint density at radius 3 is 2.38 bits per heavy atom. The molecule has 0 unspecified atom stereocenters. The molecule has 0 amide bonds. The second-order valence-corrected chi connectivity index (χ2v) is 5.56. The molecule has 0 fully saturated rings. The summed E-state index contributed by atoms with van der Waals surface area (Å²) < 4.78 is 39.4. The van der Waals surface area contributed by atoms with Gasteiger partial charge in [-0.05, 0) is 36.8 Å². The molecule has 0 saturated carbocycles. The van der Waals surface area contributed by atoms with E-state index in [2.05, 4.69) is 25.6 Å². The lowest BCUT2D eigenvalue weighted by molar-refractivity contribution is -0.136. The summed E-state index contributed by atoms with van der Waals surface area (Å²) in [6, 6.07) is 10.6. The monoisotopic (exact) mass is 359 g/mol. The predicted octanol–water partition coefficient (Wildman–Crippen LogP) is 4.55. The Balaban J connectivity index is 1.80. The van der Waals surface area contributed by atoms with Crippen LogP contribution in [0.1, 0.15) is 17.0 Å². The van der Waals surface area contributed by atoms with Crippen LogP contribution >= 0.6 is 0 Å². The van der Waals surface area contributed by atoms with Gasteiger partial charge in [0.25, 0.3) is 0 Å². The van der Waals surface area contributed by atoms with Crippen molar-refractivity contribution in [1.82, 2.24) is 15.0 Å². The van der Waals surface area contributed by atoms with Crippen molar-refractivity contribution in [3.05, 3.63) is 71.8 Å². The number of anilines is 3. The molecule has 0 atom stereocenters. The molecule has 0 saturated heterocycles. The molecule has 1 aromatic carbocycles. The average Bonchev–Trinajstić information content (AvgIpc) is 2.60. The van der Waals surface area contributed by atoms with Crippen molar-refractivity contribution >= 4 is 17.3 Å². The van der Waals surface area contributed by atoms with E-state index in [9.17, 15) is 13.2 Å². The molecule has 0 aliphatic carbocycles. The Morgan fingerprint density at radius 2 is 1.65 bits per heavy atom. The van der Waals surface area contributed by atoms with Crippen molar-refractivity contribution in [1.29, 1.82) is 0 Å². The first-order valence-electron chi connectivity index (χ1n) is 7.83. The summed E-state index contributed by atoms with van der Waals surface area (Å²) in [6.45, 7) is 2.19. The first kappa shape index (κ1) is 17.7. The van der Waals surface area contributed by atoms with Crippen LogP contribution in [-0.4, -0.2) is 15.0 Å². The number of hydrogen-bond acceptors (Lipinski definition) is 5. The molecule has 3 aromatic rings. The Kier molecular flexibility index (Phi) is 5.01. The largest absolute Gasteiger partial charge is 0.418 e. The number of para-hydroxylation sites is 1. The lowest BCUT2D eigenvalue weighted by Gasteiger charge is -2.15. The Labute approximate surface area is 148 Å². The van der Waals surface area contributed by atoms with Crippen molar-refractivity contribution in [2.24, 2.45) is 0 Å². The normalized spacial score (nSPS) is 11.2. The van der Waals surface area contributed by atoms with Gasteiger partial charge < -0.3 is 10.6 Å². The van der Waals surface area contributed by atoms with Crippen LogP contribution in [0.15, 0.2) is 54.9 Å². The molecule has 0 bridgehead atoms. The third-order valence-electron chi connectivity index (χ3n) is 3.56. The fourth-order valence-electron chi connectivity index (χ4n) is 2.39. The van der Waals surface area contributed by atoms with Crippen LogP contribution in [-0.2, 0) is 12.7 Å². The van der Waals surface area contributed by atoms with Gasteiger partial charge in [-0.1, -0.05) is 12.1 Å². The van der Waals surface area contributed by atoms with Crippen molar-refractivity contribution in [2.45, 2.75) is 19.6 Å². The summed E-state index contributed by atoms with van der Waals surface area (Å²) >= 11 is 0. The number of hydrogen-bond donors (Lipinski definition) is 2. The molecule has 0 radical (unpaired) electrons. The molecule has 0 spiro atoms. The molecule has 5 nitrogen and oxygen atoms in total. The van der Waals surface area contributed by atoms with E-state index < -0.39 is 11.7 Å². The van der Waals surface area contributed by atoms with Gasteiger partial charge in [0.1, 0.15) is 17.5 Å². The first-order valence-corrected chi connectivity index (χ1v) is 7.83. The SMILES string of the molecule is Cc1nc(NCc2ccncc2)cc(Nc2ccccc2C(F)(F)F)n1. The second-order valence-electron chi connectivity index (χ2n) is 5.56. The summed E-state index contributed by atoms with van der Waals surface area (Å²) in [5, 5.41) is 5.87. The van der Waals surface area contributed by atoms with Crippen LogP contribution in [0.4, 0.5) is 30.5 Å². The van der Waals surface area contributed by atoms with Crippen LogP contribution in [0.25, 0.3) is 0 Å². The zero-order valence-corrected chi connectivity index (χ0v) is 13.9. The van der Waals surface area contributed by atoms with E-state index in [0.29, 0.717) is 18.2 Å². The molecule has 0 aliphatic rings. The Bertz CT molecular complexity index is 881. The van der Waals surface area contributed by atoms with E-state index in [4.69, 9.17) is 0 Å². The maximum absolute atomic E-state index is 13.1. The van der Waals surface area contributed by atoms with Gasteiger partial charge in [0.05, 0.1) is 11.3 Å². The summed E-state index contributed by atoms with van der Waals surface area (Å²) in [7, 11) is 0. The molecule has 2 N–H and O–H groups in total. The minimum Gasteiger partial charge on any atom is -0.366 e. The van der Waals surface area contributed by atoms with Gasteiger partial charge in [-0.3, -0.25) is 4.98 Å². The predicted molar refractivity (Wildman–Crippen MR) is 93.1 cm³/mol. The summed E-state index contributed by atoms with van der Waals surface area (Å²) in [5.74, 6) is 1.24. The number of benzene rings is 1. The van der Waals surface area contributed by atoms with Crippen molar-refractivity contribution in [3.8, 4) is 0 Å². The first-order chi connectivity index (χ1) is 12.4. The molecule has 26 heavy (non-hydrogen) atoms. The van der Waals surface area contributed by atoms with Crippen LogP contribution in [0, 0.1) is 6.92 Å². The number of rotatable bonds is 5. The molecule has 134 valence electrons. The molecule has 2 aromatic heterocycles. The number of pyridine rings is 1. The zero-order chi connectivity index (χ0) is 18.6. The van der Waals surface area contributed by atoms with Gasteiger partial charge in [0, 0.05) is 25.0 Å². The number of aromatic nitrogens is 3. The number of nitrogens with zero attached hydrogens (tertiary/aromatic N) is 3. The average molecular weight is 359 g/mol. The van der Waals surface area contributed by atoms with E-state index >= 15 is 0 Å². The van der Waals surface area contributed by atoms with Crippen molar-refractivity contribution < 1.29 is 13.2 Å². The molecule has 8 heteroatoms. The molecule has 2 heterocycles. The lowest BCUT2D eigenvalue weighted by atomic mass is 10.1. The van der Waals surface area contributed by atoms with Gasteiger partial charge in [-0.25, -0.2) is 9.97 Å². The van der Waals surface area contributed by atoms with Gasteiger partial charge in [-0.2, -0.15) is 13.2 Å². The highest BCUT2D eigenvalue weighted by molar-refractivity contribution is 5.63. The fraction of sp³-hybridized carbons (Fsp3) is 0.167. The maximum atomic E-state index is 13.1. The van der Waals surface area contributed by atoms with Crippen LogP contribution in [0.3, 0.4) is 0 Å². The smallest absolute Gasteiger partial charge is 0.366 e. The fourth-order valence-corrected chi connectivity index (χ4v) is 2.39. The van der Waals surface area contributed by atoms with E-state index in [1.54, 1.807) is 25.4 Å². The van der Waals surface area contributed by atoms with E-state index in [0.717, 1.165) is 11.6 Å². The highest BCUT2D eigenvalue weighted by Gasteiger charge is 2.33. The van der Waals surface area contributed by atoms with Crippen LogP contribution < -0.4 is 10.6 Å². The summed E-state index contributed by atoms with van der Waals surface area (Å²) in [4.78, 5) is 12.4. The van der Waals surface area contributed by atoms with Gasteiger partial charge in [0.2, 0.25) is 0 Å². The molecular weight excluding hydrogens is 343 g/mol.